The van der Waals surface area contributed by atoms with Gasteiger partial charge in [0.15, 0.2) is 5.82 Å². The number of carbonyl (C=O) groups is 1. The first kappa shape index (κ1) is 13.3. The Labute approximate surface area is 115 Å². The topological polar surface area (TPSA) is 92.9 Å². The number of rotatable bonds is 4. The number of anilines is 1. The molecule has 98 valence electrons. The van der Waals surface area contributed by atoms with Gasteiger partial charge in [-0.1, -0.05) is 17.7 Å². The minimum absolute atomic E-state index is 0.274. The quantitative estimate of drug-likeness (QED) is 0.579. The molecule has 0 spiro atoms. The molecule has 2 heterocycles. The lowest BCUT2D eigenvalue weighted by Gasteiger charge is -2.06. The van der Waals surface area contributed by atoms with E-state index in [0.717, 1.165) is 5.69 Å². The minimum atomic E-state index is -0.274. The molecule has 1 amide bonds. The SMILES string of the molecule is NNc1ncc(C(=O)NCc2ccccn2)cc1Cl. The van der Waals surface area contributed by atoms with E-state index in [1.54, 1.807) is 6.20 Å². The van der Waals surface area contributed by atoms with Gasteiger partial charge in [0.1, 0.15) is 0 Å². The summed E-state index contributed by atoms with van der Waals surface area (Å²) in [6, 6.07) is 6.99. The number of nitrogens with zero attached hydrogens (tertiary/aromatic N) is 2. The number of halogens is 1. The van der Waals surface area contributed by atoms with Crippen LogP contribution in [0.2, 0.25) is 5.02 Å². The van der Waals surface area contributed by atoms with Crippen LogP contribution in [0.1, 0.15) is 16.1 Å². The predicted molar refractivity (Wildman–Crippen MR) is 72.5 cm³/mol. The van der Waals surface area contributed by atoms with E-state index in [9.17, 15) is 4.79 Å². The van der Waals surface area contributed by atoms with Crippen molar-refractivity contribution in [1.82, 2.24) is 15.3 Å². The molecule has 0 saturated carbocycles. The average molecular weight is 278 g/mol. The molecule has 4 N–H and O–H groups in total. The summed E-state index contributed by atoms with van der Waals surface area (Å²) in [5, 5.41) is 3.01. The molecule has 19 heavy (non-hydrogen) atoms. The van der Waals surface area contributed by atoms with E-state index >= 15 is 0 Å². The molecule has 2 aromatic rings. The van der Waals surface area contributed by atoms with Crippen LogP contribution in [0.4, 0.5) is 5.82 Å². The van der Waals surface area contributed by atoms with Crippen molar-refractivity contribution >= 4 is 23.3 Å². The van der Waals surface area contributed by atoms with Crippen LogP contribution in [-0.4, -0.2) is 15.9 Å². The molecule has 0 aliphatic carbocycles. The van der Waals surface area contributed by atoms with Crippen LogP contribution >= 0.6 is 11.6 Å². The van der Waals surface area contributed by atoms with Gasteiger partial charge in [0.2, 0.25) is 0 Å². The summed E-state index contributed by atoms with van der Waals surface area (Å²) in [6.45, 7) is 0.341. The van der Waals surface area contributed by atoms with E-state index in [4.69, 9.17) is 17.4 Å². The van der Waals surface area contributed by atoms with Crippen LogP contribution < -0.4 is 16.6 Å². The number of carbonyl (C=O) groups excluding carboxylic acids is 1. The molecule has 0 unspecified atom stereocenters. The summed E-state index contributed by atoms with van der Waals surface area (Å²) in [7, 11) is 0. The Morgan fingerprint density at radius 3 is 2.84 bits per heavy atom. The Morgan fingerprint density at radius 1 is 1.37 bits per heavy atom. The molecule has 0 radical (unpaired) electrons. The van der Waals surface area contributed by atoms with E-state index in [-0.39, 0.29) is 10.9 Å². The van der Waals surface area contributed by atoms with Gasteiger partial charge < -0.3 is 10.7 Å². The van der Waals surface area contributed by atoms with Gasteiger partial charge >= 0.3 is 0 Å². The first-order chi connectivity index (χ1) is 9.20. The number of hydrogen-bond acceptors (Lipinski definition) is 5. The Kier molecular flexibility index (Phi) is 4.27. The first-order valence-electron chi connectivity index (χ1n) is 5.51. The molecule has 0 saturated heterocycles. The van der Waals surface area contributed by atoms with Gasteiger partial charge in [-0.25, -0.2) is 10.8 Å². The van der Waals surface area contributed by atoms with Crippen LogP contribution in [0.3, 0.4) is 0 Å². The third kappa shape index (κ3) is 3.40. The predicted octanol–water partition coefficient (Wildman–Crippen LogP) is 1.35. The summed E-state index contributed by atoms with van der Waals surface area (Å²) >= 11 is 5.89. The zero-order valence-corrected chi connectivity index (χ0v) is 10.7. The maximum absolute atomic E-state index is 11.9. The average Bonchev–Trinajstić information content (AvgIpc) is 2.45. The van der Waals surface area contributed by atoms with E-state index in [2.05, 4.69) is 20.7 Å². The van der Waals surface area contributed by atoms with Crippen molar-refractivity contribution in [3.8, 4) is 0 Å². The van der Waals surface area contributed by atoms with Crippen molar-refractivity contribution in [2.45, 2.75) is 6.54 Å². The Bertz CT molecular complexity index is 576. The fourth-order valence-electron chi connectivity index (χ4n) is 1.44. The third-order valence-corrected chi connectivity index (χ3v) is 2.68. The van der Waals surface area contributed by atoms with Crippen LogP contribution in [-0.2, 0) is 6.54 Å². The van der Waals surface area contributed by atoms with E-state index < -0.39 is 0 Å². The van der Waals surface area contributed by atoms with Crippen LogP contribution in [0, 0.1) is 0 Å². The third-order valence-electron chi connectivity index (χ3n) is 2.40. The van der Waals surface area contributed by atoms with Gasteiger partial charge in [-0.05, 0) is 18.2 Å². The zero-order valence-electron chi connectivity index (χ0n) is 9.93. The number of pyridine rings is 2. The van der Waals surface area contributed by atoms with E-state index in [1.165, 1.54) is 12.3 Å². The minimum Gasteiger partial charge on any atom is -0.346 e. The summed E-state index contributed by atoms with van der Waals surface area (Å²) in [6.07, 6.45) is 3.07. The highest BCUT2D eigenvalue weighted by Crippen LogP contribution is 2.18. The van der Waals surface area contributed by atoms with Gasteiger partial charge in [0, 0.05) is 12.4 Å². The fraction of sp³-hybridized carbons (Fsp3) is 0.0833. The lowest BCUT2D eigenvalue weighted by molar-refractivity contribution is 0.0950. The van der Waals surface area contributed by atoms with E-state index in [1.807, 2.05) is 18.2 Å². The highest BCUT2D eigenvalue weighted by atomic mass is 35.5. The molecule has 0 aliphatic rings. The second-order valence-corrected chi connectivity index (χ2v) is 4.11. The van der Waals surface area contributed by atoms with Crippen molar-refractivity contribution in [3.63, 3.8) is 0 Å². The number of amides is 1. The molecule has 6 nitrogen and oxygen atoms in total. The molecule has 0 fully saturated rings. The van der Waals surface area contributed by atoms with Crippen molar-refractivity contribution in [1.29, 1.82) is 0 Å². The monoisotopic (exact) mass is 277 g/mol. The molecular formula is C12H12ClN5O. The zero-order chi connectivity index (χ0) is 13.7. The number of nitrogens with two attached hydrogens (primary N) is 1. The Morgan fingerprint density at radius 2 is 2.21 bits per heavy atom. The number of aromatic nitrogens is 2. The molecule has 2 aromatic heterocycles. The van der Waals surface area contributed by atoms with Crippen molar-refractivity contribution in [3.05, 3.63) is 52.9 Å². The molecule has 0 aromatic carbocycles. The maximum atomic E-state index is 11.9. The molecule has 0 aliphatic heterocycles. The van der Waals surface area contributed by atoms with Crippen molar-refractivity contribution in [2.24, 2.45) is 5.84 Å². The highest BCUT2D eigenvalue weighted by molar-refractivity contribution is 6.33. The highest BCUT2D eigenvalue weighted by Gasteiger charge is 2.09. The lowest BCUT2D eigenvalue weighted by atomic mass is 10.2. The molecule has 0 bridgehead atoms. The second-order valence-electron chi connectivity index (χ2n) is 3.70. The van der Waals surface area contributed by atoms with Crippen LogP contribution in [0.5, 0.6) is 0 Å². The molecule has 2 rings (SSSR count). The lowest BCUT2D eigenvalue weighted by Crippen LogP contribution is -2.23. The second kappa shape index (κ2) is 6.12. The standard InChI is InChI=1S/C12H12ClN5O/c13-10-5-8(6-16-11(10)18-14)12(19)17-7-9-3-1-2-4-15-9/h1-6H,7,14H2,(H,16,18)(H,17,19). The number of nitrogens with one attached hydrogen (secondary N) is 2. The Hall–Kier alpha value is -2.18. The number of nitrogen functional groups attached to an aromatic ring is 1. The van der Waals surface area contributed by atoms with Gasteiger partial charge in [-0.2, -0.15) is 0 Å². The number of hydrogen-bond donors (Lipinski definition) is 3. The van der Waals surface area contributed by atoms with Crippen LogP contribution in [0.15, 0.2) is 36.7 Å². The van der Waals surface area contributed by atoms with Gasteiger partial charge in [-0.3, -0.25) is 9.78 Å². The van der Waals surface area contributed by atoms with Crippen molar-refractivity contribution < 1.29 is 4.79 Å². The summed E-state index contributed by atoms with van der Waals surface area (Å²) in [5.41, 5.74) is 3.47. The summed E-state index contributed by atoms with van der Waals surface area (Å²) in [5.74, 6) is 5.25. The summed E-state index contributed by atoms with van der Waals surface area (Å²) in [4.78, 5) is 19.9. The van der Waals surface area contributed by atoms with Crippen LogP contribution in [0.25, 0.3) is 0 Å². The molecular weight excluding hydrogens is 266 g/mol. The van der Waals surface area contributed by atoms with Crippen molar-refractivity contribution in [2.75, 3.05) is 5.43 Å². The number of hydrazine groups is 1. The van der Waals surface area contributed by atoms with E-state index in [0.29, 0.717) is 17.9 Å². The molecule has 7 heteroatoms. The smallest absolute Gasteiger partial charge is 0.253 e. The fourth-order valence-corrected chi connectivity index (χ4v) is 1.66. The van der Waals surface area contributed by atoms with Gasteiger partial charge in [-0.15, -0.1) is 0 Å². The van der Waals surface area contributed by atoms with Gasteiger partial charge in [0.05, 0.1) is 22.8 Å². The first-order valence-corrected chi connectivity index (χ1v) is 5.89. The maximum Gasteiger partial charge on any atom is 0.253 e. The van der Waals surface area contributed by atoms with Gasteiger partial charge in [0.25, 0.3) is 5.91 Å². The Balaban J connectivity index is 2.02. The normalized spacial score (nSPS) is 10.0. The molecule has 0 atom stereocenters. The summed E-state index contributed by atoms with van der Waals surface area (Å²) < 4.78 is 0. The largest absolute Gasteiger partial charge is 0.346 e.